The summed E-state index contributed by atoms with van der Waals surface area (Å²) in [6, 6.07) is 38.4. The molecular formula is C37H23NO2. The van der Waals surface area contributed by atoms with Crippen molar-refractivity contribution in [1.82, 2.24) is 4.57 Å². The van der Waals surface area contributed by atoms with E-state index in [1.807, 2.05) is 24.3 Å². The molecule has 3 nitrogen and oxygen atoms in total. The molecule has 0 spiro atoms. The first-order valence-corrected chi connectivity index (χ1v) is 13.7. The first kappa shape index (κ1) is 21.6. The fraction of sp³-hybridized carbons (Fsp3) is 0.0270. The Kier molecular flexibility index (Phi) is 4.39. The fourth-order valence-corrected chi connectivity index (χ4v) is 6.49. The van der Waals surface area contributed by atoms with E-state index in [-0.39, 0.29) is 0 Å². The summed E-state index contributed by atoms with van der Waals surface area (Å²) < 4.78 is 15.1. The van der Waals surface area contributed by atoms with Gasteiger partial charge in [-0.25, -0.2) is 0 Å². The maximum Gasteiger partial charge on any atom is 0.143 e. The topological polar surface area (TPSA) is 31.2 Å². The van der Waals surface area contributed by atoms with Crippen LogP contribution in [0.2, 0.25) is 0 Å². The van der Waals surface area contributed by atoms with Gasteiger partial charge in [0.2, 0.25) is 0 Å². The molecule has 5 aromatic carbocycles. The van der Waals surface area contributed by atoms with Gasteiger partial charge in [-0.2, -0.15) is 0 Å². The number of para-hydroxylation sites is 4. The number of hydrogen-bond donors (Lipinski definition) is 0. The molecule has 8 aromatic rings. The predicted octanol–water partition coefficient (Wildman–Crippen LogP) is 10.2. The van der Waals surface area contributed by atoms with Crippen LogP contribution < -0.4 is 0 Å². The van der Waals surface area contributed by atoms with Gasteiger partial charge >= 0.3 is 0 Å². The number of aromatic nitrogens is 1. The Labute approximate surface area is 229 Å². The van der Waals surface area contributed by atoms with Crippen molar-refractivity contribution in [2.75, 3.05) is 0 Å². The third-order valence-electron chi connectivity index (χ3n) is 8.28. The van der Waals surface area contributed by atoms with E-state index in [2.05, 4.69) is 108 Å². The van der Waals surface area contributed by atoms with Crippen LogP contribution >= 0.6 is 0 Å². The number of rotatable bonds is 2. The van der Waals surface area contributed by atoms with Crippen molar-refractivity contribution in [1.29, 1.82) is 0 Å². The summed E-state index contributed by atoms with van der Waals surface area (Å²) in [5, 5.41) is 5.91. The molecule has 0 saturated carbocycles. The van der Waals surface area contributed by atoms with Gasteiger partial charge in [0, 0.05) is 50.2 Å². The van der Waals surface area contributed by atoms with E-state index in [0.717, 1.165) is 49.8 Å². The van der Waals surface area contributed by atoms with Crippen LogP contribution in [0.3, 0.4) is 0 Å². The third kappa shape index (κ3) is 3.00. The number of nitrogens with zero attached hydrogens (tertiary/aromatic N) is 1. The van der Waals surface area contributed by atoms with Gasteiger partial charge in [-0.1, -0.05) is 91.0 Å². The van der Waals surface area contributed by atoms with Crippen LogP contribution in [-0.2, 0) is 6.42 Å². The molecule has 1 aliphatic carbocycles. The Bertz CT molecular complexity index is 2360. The molecular weight excluding hydrogens is 490 g/mol. The van der Waals surface area contributed by atoms with Gasteiger partial charge in [-0.15, -0.1) is 0 Å². The van der Waals surface area contributed by atoms with Gasteiger partial charge in [0.1, 0.15) is 22.5 Å². The summed E-state index contributed by atoms with van der Waals surface area (Å²) in [5.74, 6) is 1.00. The molecule has 3 heteroatoms. The Hall–Kier alpha value is -5.28. The minimum Gasteiger partial charge on any atom is -0.460 e. The van der Waals surface area contributed by atoms with E-state index < -0.39 is 0 Å². The highest BCUT2D eigenvalue weighted by Crippen LogP contribution is 2.40. The lowest BCUT2D eigenvalue weighted by molar-refractivity contribution is 0.564. The van der Waals surface area contributed by atoms with Crippen LogP contribution in [0.5, 0.6) is 0 Å². The minimum atomic E-state index is 0.713. The Morgan fingerprint density at radius 1 is 0.575 bits per heavy atom. The van der Waals surface area contributed by atoms with Crippen molar-refractivity contribution in [2.24, 2.45) is 0 Å². The van der Waals surface area contributed by atoms with E-state index >= 15 is 0 Å². The van der Waals surface area contributed by atoms with Gasteiger partial charge < -0.3 is 13.4 Å². The number of hydrogen-bond acceptors (Lipinski definition) is 2. The maximum atomic E-state index is 6.38. The molecule has 0 amide bonds. The second kappa shape index (κ2) is 8.11. The zero-order chi connectivity index (χ0) is 26.2. The lowest BCUT2D eigenvalue weighted by atomic mass is 10.0. The van der Waals surface area contributed by atoms with Crippen molar-refractivity contribution < 1.29 is 8.83 Å². The molecule has 1 aliphatic rings. The Morgan fingerprint density at radius 3 is 2.20 bits per heavy atom. The minimum absolute atomic E-state index is 0.713. The van der Waals surface area contributed by atoms with Crippen LogP contribution in [0.4, 0.5) is 0 Å². The molecule has 188 valence electrons. The lowest BCUT2D eigenvalue weighted by Crippen LogP contribution is -2.00. The average molecular weight is 514 g/mol. The van der Waals surface area contributed by atoms with Crippen molar-refractivity contribution in [2.45, 2.75) is 6.42 Å². The summed E-state index contributed by atoms with van der Waals surface area (Å²) in [5.41, 5.74) is 9.77. The monoisotopic (exact) mass is 513 g/mol. The van der Waals surface area contributed by atoms with Crippen LogP contribution in [0, 0.1) is 0 Å². The number of allylic oxidation sites excluding steroid dienone is 3. The van der Waals surface area contributed by atoms with Gasteiger partial charge in [-0.3, -0.25) is 0 Å². The summed E-state index contributed by atoms with van der Waals surface area (Å²) in [4.78, 5) is 0. The van der Waals surface area contributed by atoms with Crippen LogP contribution in [0.15, 0.2) is 130 Å². The molecule has 3 aromatic heterocycles. The van der Waals surface area contributed by atoms with E-state index in [1.54, 1.807) is 0 Å². The van der Waals surface area contributed by atoms with E-state index in [1.165, 1.54) is 33.1 Å². The smallest absolute Gasteiger partial charge is 0.143 e. The van der Waals surface area contributed by atoms with Crippen molar-refractivity contribution in [3.63, 3.8) is 0 Å². The Balaban J connectivity index is 1.25. The van der Waals surface area contributed by atoms with Crippen molar-refractivity contribution in [3.05, 3.63) is 133 Å². The second-order valence-corrected chi connectivity index (χ2v) is 10.5. The quantitative estimate of drug-likeness (QED) is 0.230. The highest BCUT2D eigenvalue weighted by molar-refractivity contribution is 6.13. The molecule has 0 radical (unpaired) electrons. The maximum absolute atomic E-state index is 6.38. The van der Waals surface area contributed by atoms with E-state index in [9.17, 15) is 0 Å². The summed E-state index contributed by atoms with van der Waals surface area (Å²) >= 11 is 0. The van der Waals surface area contributed by atoms with Gasteiger partial charge in [0.25, 0.3) is 0 Å². The van der Waals surface area contributed by atoms with Gasteiger partial charge in [-0.05, 0) is 42.0 Å². The lowest BCUT2D eigenvalue weighted by Gasteiger charge is -2.11. The molecule has 0 saturated heterocycles. The fourth-order valence-electron chi connectivity index (χ4n) is 6.49. The van der Waals surface area contributed by atoms with Crippen molar-refractivity contribution >= 4 is 66.5 Å². The molecule has 0 aliphatic heterocycles. The summed E-state index contributed by atoms with van der Waals surface area (Å²) in [6.07, 6.45) is 7.26. The summed E-state index contributed by atoms with van der Waals surface area (Å²) in [7, 11) is 0. The van der Waals surface area contributed by atoms with Crippen LogP contribution in [0.25, 0.3) is 77.6 Å². The second-order valence-electron chi connectivity index (χ2n) is 10.5. The van der Waals surface area contributed by atoms with Gasteiger partial charge in [0.05, 0.1) is 11.0 Å². The zero-order valence-electron chi connectivity index (χ0n) is 21.6. The highest BCUT2D eigenvalue weighted by Gasteiger charge is 2.20. The highest BCUT2D eigenvalue weighted by atomic mass is 16.3. The van der Waals surface area contributed by atoms with Gasteiger partial charge in [0.15, 0.2) is 0 Å². The molecule has 0 unspecified atom stereocenters. The molecule has 9 rings (SSSR count). The molecule has 40 heavy (non-hydrogen) atoms. The SMILES string of the molecule is C1=Cc2c(oc3ccccc23)CC(n2c3ccccc3c3cc(-c4cccc5c4oc4ccccc45)ccc32)=C1. The average Bonchev–Trinajstić information content (AvgIpc) is 3.61. The molecule has 0 fully saturated rings. The normalized spacial score (nSPS) is 13.4. The van der Waals surface area contributed by atoms with E-state index in [4.69, 9.17) is 8.83 Å². The molecule has 0 bridgehead atoms. The number of fused-ring (bicyclic) bond motifs is 9. The Morgan fingerprint density at radius 2 is 1.30 bits per heavy atom. The number of benzene rings is 5. The zero-order valence-corrected chi connectivity index (χ0v) is 21.6. The van der Waals surface area contributed by atoms with Crippen LogP contribution in [-0.4, -0.2) is 4.57 Å². The standard InChI is InChI=1S/C37H23NO2/c1-4-16-32-26(10-1)31-21-23(25-13-8-15-30-29-12-3-6-18-35(29)40-37(25)30)19-20-33(31)38(32)24-9-7-14-28-27-11-2-5-17-34(27)39-36(28)22-24/h1-21H,22H2. The van der Waals surface area contributed by atoms with Crippen molar-refractivity contribution in [3.8, 4) is 11.1 Å². The third-order valence-corrected chi connectivity index (χ3v) is 8.28. The predicted molar refractivity (Wildman–Crippen MR) is 165 cm³/mol. The van der Waals surface area contributed by atoms with E-state index in [0.29, 0.717) is 6.42 Å². The van der Waals surface area contributed by atoms with Crippen LogP contribution in [0.1, 0.15) is 11.3 Å². The first-order chi connectivity index (χ1) is 19.8. The first-order valence-electron chi connectivity index (χ1n) is 13.7. The molecule has 3 heterocycles. The summed E-state index contributed by atoms with van der Waals surface area (Å²) in [6.45, 7) is 0. The molecule has 0 N–H and O–H groups in total. The molecule has 0 atom stereocenters. The number of furan rings is 2. The largest absolute Gasteiger partial charge is 0.460 e.